The fraction of sp³-hybridized carbons (Fsp3) is 0. The monoisotopic (exact) mass is 1800 g/mol. The molecule has 0 fully saturated rings. The van der Waals surface area contributed by atoms with Crippen LogP contribution >= 0.6 is 0 Å². The van der Waals surface area contributed by atoms with E-state index in [1.807, 2.05) is 0 Å². The Hall–Kier alpha value is -19.0. The Kier molecular flexibility index (Phi) is 17.9. The quantitative estimate of drug-likeness (QED) is 0.131. The van der Waals surface area contributed by atoms with Crippen LogP contribution in [0.15, 0.2) is 516 Å². The molecular weight excluding hydrogens is 1710 g/mol. The molecular formula is C132H85N9. The van der Waals surface area contributed by atoms with Gasteiger partial charge in [0, 0.05) is 148 Å². The molecule has 9 nitrogen and oxygen atoms in total. The molecule has 0 atom stereocenters. The highest BCUT2D eigenvalue weighted by Gasteiger charge is 2.26. The molecule has 0 aliphatic heterocycles. The highest BCUT2D eigenvalue weighted by molar-refractivity contribution is 6.23. The Morgan fingerprint density at radius 2 is 0.241 bits per heavy atom. The van der Waals surface area contributed by atoms with E-state index in [-0.39, 0.29) is 0 Å². The fourth-order valence-electron chi connectivity index (χ4n) is 23.4. The van der Waals surface area contributed by atoms with Gasteiger partial charge in [0.1, 0.15) is 0 Å². The highest BCUT2D eigenvalue weighted by Crippen LogP contribution is 2.47. The second kappa shape index (κ2) is 31.8. The number of fused-ring (bicyclic) bond motifs is 27. The first kappa shape index (κ1) is 79.4. The number of para-hydroxylation sites is 15. The molecule has 0 saturated heterocycles. The smallest absolute Gasteiger partial charge is 0.0562 e. The Labute approximate surface area is 809 Å². The van der Waals surface area contributed by atoms with Crippen molar-refractivity contribution in [3.63, 3.8) is 0 Å². The molecule has 0 amide bonds. The SMILES string of the molecule is c1ccc(-n2c3ccccc3c3cc(-c4ccc(-n5c6ccccc6c6cc7c8ccccc8n(-c8ccccc8)c7cc65)cc4)ccc32)cc1.c1ccc(-n2c3ccccc3c3cc4c5ccccc5n(-c5ccc(-n6c7ccccc7c7ccccc76)cc5)c4cc32)cc1.c1ccc(-n2c3ccccc3c3ccc(-n4c5ccccc5c5cc(-n6c7ccccc7c7ccccc76)ccc54)cc32)cc1. The Balaban J connectivity index is 0.000000102. The van der Waals surface area contributed by atoms with Gasteiger partial charge in [-0.1, -0.05) is 297 Å². The van der Waals surface area contributed by atoms with Crippen molar-refractivity contribution in [2.24, 2.45) is 0 Å². The highest BCUT2D eigenvalue weighted by atomic mass is 15.1. The lowest BCUT2D eigenvalue weighted by atomic mass is 10.0. The first-order valence-electron chi connectivity index (χ1n) is 48.4. The largest absolute Gasteiger partial charge is 0.309 e. The zero-order valence-corrected chi connectivity index (χ0v) is 76.6. The molecule has 0 unspecified atom stereocenters. The third-order valence-electron chi connectivity index (χ3n) is 29.5. The maximum Gasteiger partial charge on any atom is 0.0562 e. The van der Waals surface area contributed by atoms with E-state index in [4.69, 9.17) is 0 Å². The standard InChI is InChI=1S/C48H31N3.2C42H27N3/c1-3-13-34(14-4-1)49-43-20-10-7-17-37(43)40-29-33(25-28-46(40)49)32-23-26-36(27-24-32)51-45-22-12-9-19-39(45)42-30-41-38-18-8-11-21-44(38)50(47(41)31-48(42)51)35-15-5-2-6-16-35;1-2-12-28(13-3-1)43-37-18-8-6-16-33(37)35-24-22-30(27-42(35)43)45-40-21-11-7-17-34(40)36-26-29(23-25-41(36)45)44-38-19-9-4-14-31(38)32-15-5-10-20-39(32)44;1-2-12-28(13-3-1)44-39-20-10-6-16-33(39)35-26-36-34-17-7-11-21-40(34)45(42(36)27-41(35)44)30-24-22-29(23-25-30)43-37-18-8-4-14-31(37)32-15-5-9-19-38(32)43/h1-31H;2*1-27H. The average Bonchev–Trinajstić information content (AvgIpc) is 1.60. The van der Waals surface area contributed by atoms with Crippen LogP contribution in [-0.2, 0) is 0 Å². The molecule has 658 valence electrons. The van der Waals surface area contributed by atoms with Crippen LogP contribution in [0, 0.1) is 0 Å². The minimum atomic E-state index is 1.15. The van der Waals surface area contributed by atoms with Crippen molar-refractivity contribution in [2.75, 3.05) is 0 Å². The van der Waals surface area contributed by atoms with Crippen molar-refractivity contribution >= 4 is 196 Å². The van der Waals surface area contributed by atoms with Crippen LogP contribution in [0.2, 0.25) is 0 Å². The van der Waals surface area contributed by atoms with E-state index in [1.165, 1.54) is 236 Å². The van der Waals surface area contributed by atoms with Gasteiger partial charge in [-0.2, -0.15) is 0 Å². The molecule has 0 bridgehead atoms. The van der Waals surface area contributed by atoms with Gasteiger partial charge in [-0.25, -0.2) is 0 Å². The van der Waals surface area contributed by atoms with Gasteiger partial charge in [0.2, 0.25) is 0 Å². The molecule has 9 heteroatoms. The Morgan fingerprint density at radius 1 is 0.0780 bits per heavy atom. The normalized spacial score (nSPS) is 12.0. The number of hydrogen-bond donors (Lipinski definition) is 0. The van der Waals surface area contributed by atoms with Crippen LogP contribution in [0.5, 0.6) is 0 Å². The topological polar surface area (TPSA) is 44.4 Å². The fourth-order valence-corrected chi connectivity index (χ4v) is 23.4. The minimum Gasteiger partial charge on any atom is -0.309 e. The summed E-state index contributed by atoms with van der Waals surface area (Å²) in [5.74, 6) is 0. The van der Waals surface area contributed by atoms with E-state index >= 15 is 0 Å². The van der Waals surface area contributed by atoms with E-state index in [9.17, 15) is 0 Å². The molecule has 0 aliphatic carbocycles. The molecule has 9 aromatic heterocycles. The molecule has 0 spiro atoms. The van der Waals surface area contributed by atoms with Gasteiger partial charge >= 0.3 is 0 Å². The predicted octanol–water partition coefficient (Wildman–Crippen LogP) is 34.6. The molecule has 9 heterocycles. The summed E-state index contributed by atoms with van der Waals surface area (Å²) in [6.45, 7) is 0. The molecule has 31 aromatic rings. The molecule has 0 aliphatic rings. The molecule has 0 radical (unpaired) electrons. The van der Waals surface area contributed by atoms with Crippen molar-refractivity contribution in [2.45, 2.75) is 0 Å². The summed E-state index contributed by atoms with van der Waals surface area (Å²) in [6.07, 6.45) is 0. The third kappa shape index (κ3) is 12.3. The maximum atomic E-state index is 2.43. The lowest BCUT2D eigenvalue weighted by Crippen LogP contribution is -1.97. The van der Waals surface area contributed by atoms with Crippen molar-refractivity contribution in [1.82, 2.24) is 41.1 Å². The molecule has 0 N–H and O–H groups in total. The number of aromatic nitrogens is 9. The molecule has 22 aromatic carbocycles. The summed E-state index contributed by atoms with van der Waals surface area (Å²) in [6, 6.07) is 187. The Bertz CT molecular complexity index is 10400. The molecule has 141 heavy (non-hydrogen) atoms. The zero-order valence-electron chi connectivity index (χ0n) is 76.6. The number of rotatable bonds is 10. The van der Waals surface area contributed by atoms with Gasteiger partial charge in [-0.05, 0) is 230 Å². The summed E-state index contributed by atoms with van der Waals surface area (Å²) in [5.41, 5.74) is 34.7. The van der Waals surface area contributed by atoms with Gasteiger partial charge < -0.3 is 41.1 Å². The van der Waals surface area contributed by atoms with E-state index < -0.39 is 0 Å². The van der Waals surface area contributed by atoms with Gasteiger partial charge in [0.05, 0.1) is 99.3 Å². The van der Waals surface area contributed by atoms with Crippen LogP contribution in [-0.4, -0.2) is 41.1 Å². The van der Waals surface area contributed by atoms with Gasteiger partial charge in [0.25, 0.3) is 0 Å². The first-order chi connectivity index (χ1) is 70.0. The van der Waals surface area contributed by atoms with Gasteiger partial charge in [-0.15, -0.1) is 0 Å². The number of nitrogens with zero attached hydrogens (tertiary/aromatic N) is 9. The Morgan fingerprint density at radius 3 is 0.525 bits per heavy atom. The van der Waals surface area contributed by atoms with E-state index in [0.29, 0.717) is 0 Å². The van der Waals surface area contributed by atoms with Crippen LogP contribution in [0.25, 0.3) is 259 Å². The first-order valence-corrected chi connectivity index (χ1v) is 48.4. The third-order valence-corrected chi connectivity index (χ3v) is 29.5. The van der Waals surface area contributed by atoms with E-state index in [0.717, 1.165) is 22.7 Å². The van der Waals surface area contributed by atoms with Crippen molar-refractivity contribution < 1.29 is 0 Å². The summed E-state index contributed by atoms with van der Waals surface area (Å²) in [4.78, 5) is 0. The van der Waals surface area contributed by atoms with E-state index in [2.05, 4.69) is 557 Å². The average molecular weight is 1800 g/mol. The summed E-state index contributed by atoms with van der Waals surface area (Å²) in [5, 5.41) is 22.8. The van der Waals surface area contributed by atoms with Crippen LogP contribution in [0.4, 0.5) is 0 Å². The lowest BCUT2D eigenvalue weighted by Gasteiger charge is -2.12. The van der Waals surface area contributed by atoms with Crippen molar-refractivity contribution in [1.29, 1.82) is 0 Å². The number of benzene rings is 22. The van der Waals surface area contributed by atoms with Crippen LogP contribution in [0.1, 0.15) is 0 Å². The van der Waals surface area contributed by atoms with E-state index in [1.54, 1.807) is 0 Å². The second-order valence-electron chi connectivity index (χ2n) is 37.0. The van der Waals surface area contributed by atoms with Crippen molar-refractivity contribution in [3.8, 4) is 62.3 Å². The second-order valence-corrected chi connectivity index (χ2v) is 37.0. The molecule has 31 rings (SSSR count). The summed E-state index contributed by atoms with van der Waals surface area (Å²) >= 11 is 0. The minimum absolute atomic E-state index is 1.15. The maximum absolute atomic E-state index is 2.43. The van der Waals surface area contributed by atoms with Crippen LogP contribution in [0.3, 0.4) is 0 Å². The zero-order chi connectivity index (χ0) is 92.4. The lowest BCUT2D eigenvalue weighted by molar-refractivity contribution is 1.14. The van der Waals surface area contributed by atoms with Crippen molar-refractivity contribution in [3.05, 3.63) is 516 Å². The summed E-state index contributed by atoms with van der Waals surface area (Å²) in [7, 11) is 0. The predicted molar refractivity (Wildman–Crippen MR) is 594 cm³/mol. The molecule has 0 saturated carbocycles. The van der Waals surface area contributed by atoms with Gasteiger partial charge in [0.15, 0.2) is 0 Å². The number of hydrogen-bond acceptors (Lipinski definition) is 0. The van der Waals surface area contributed by atoms with Crippen LogP contribution < -0.4 is 0 Å². The summed E-state index contributed by atoms with van der Waals surface area (Å²) < 4.78 is 21.6. The van der Waals surface area contributed by atoms with Gasteiger partial charge in [-0.3, -0.25) is 0 Å².